The van der Waals surface area contributed by atoms with Crippen LogP contribution in [0.1, 0.15) is 11.1 Å². The summed E-state index contributed by atoms with van der Waals surface area (Å²) < 4.78 is 2.42. The molecule has 0 aliphatic carbocycles. The summed E-state index contributed by atoms with van der Waals surface area (Å²) in [6.45, 7) is 0. The van der Waals surface area contributed by atoms with Crippen molar-refractivity contribution in [2.45, 2.75) is 0 Å². The number of para-hydroxylation sites is 2. The number of nitrogens with one attached hydrogen (secondary N) is 1. The Bertz CT molecular complexity index is 2640. The van der Waals surface area contributed by atoms with Crippen LogP contribution in [0.25, 0.3) is 71.1 Å². The summed E-state index contributed by atoms with van der Waals surface area (Å²) in [4.78, 5) is 4.53. The normalized spacial score (nSPS) is 12.2. The Kier molecular flexibility index (Phi) is 5.77. The van der Waals surface area contributed by atoms with Gasteiger partial charge in [0.05, 0.1) is 16.6 Å². The van der Waals surface area contributed by atoms with E-state index in [1.54, 1.807) is 0 Å². The van der Waals surface area contributed by atoms with Crippen molar-refractivity contribution >= 4 is 60.5 Å². The minimum Gasteiger partial charge on any atom is -0.383 e. The molecule has 3 N–H and O–H groups in total. The maximum Gasteiger partial charge on any atom is 0.154 e. The summed E-state index contributed by atoms with van der Waals surface area (Å²) in [7, 11) is 0. The van der Waals surface area contributed by atoms with Gasteiger partial charge in [-0.05, 0) is 45.7 Å². The lowest BCUT2D eigenvalue weighted by molar-refractivity contribution is 1.37. The molecule has 0 unspecified atom stereocenters. The highest BCUT2D eigenvalue weighted by atomic mass is 14.9. The highest BCUT2D eigenvalue weighted by molar-refractivity contribution is 6.23. The molecule has 216 valence electrons. The smallest absolute Gasteiger partial charge is 0.154 e. The third-order valence-electron chi connectivity index (χ3n) is 9.22. The fourth-order valence-corrected chi connectivity index (χ4v) is 7.07. The van der Waals surface area contributed by atoms with Crippen molar-refractivity contribution in [2.75, 3.05) is 0 Å². The van der Waals surface area contributed by atoms with E-state index in [2.05, 4.69) is 113 Å². The quantitative estimate of drug-likeness (QED) is 0.156. The molecule has 0 aliphatic rings. The van der Waals surface area contributed by atoms with Crippen molar-refractivity contribution in [1.29, 1.82) is 5.41 Å². The molecule has 0 amide bonds. The van der Waals surface area contributed by atoms with Crippen LogP contribution in [0.3, 0.4) is 0 Å². The van der Waals surface area contributed by atoms with Crippen LogP contribution in [0.5, 0.6) is 0 Å². The van der Waals surface area contributed by atoms with Gasteiger partial charge < -0.3 is 10.1 Å². The van der Waals surface area contributed by atoms with E-state index in [-0.39, 0.29) is 5.84 Å². The van der Waals surface area contributed by atoms with E-state index in [0.717, 1.165) is 44.2 Å². The monoisotopic (exact) mass is 588 g/mol. The maximum absolute atomic E-state index is 9.00. The van der Waals surface area contributed by atoms with Crippen LogP contribution < -0.4 is 5.73 Å². The van der Waals surface area contributed by atoms with Crippen molar-refractivity contribution in [2.24, 2.45) is 10.7 Å². The van der Waals surface area contributed by atoms with E-state index in [4.69, 9.17) is 11.1 Å². The number of fused-ring (bicyclic) bond motifs is 7. The molecule has 7 aromatic carbocycles. The summed E-state index contributed by atoms with van der Waals surface area (Å²) in [5, 5.41) is 16.3. The number of rotatable bonds is 4. The van der Waals surface area contributed by atoms with Gasteiger partial charge >= 0.3 is 0 Å². The highest BCUT2D eigenvalue weighted by Gasteiger charge is 2.18. The van der Waals surface area contributed by atoms with Crippen LogP contribution >= 0.6 is 0 Å². The van der Waals surface area contributed by atoms with Gasteiger partial charge in [0.1, 0.15) is 5.84 Å². The molecule has 2 aromatic heterocycles. The van der Waals surface area contributed by atoms with Crippen LogP contribution in [0.4, 0.5) is 0 Å². The third kappa shape index (κ3) is 3.94. The van der Waals surface area contributed by atoms with Gasteiger partial charge in [0.25, 0.3) is 0 Å². The zero-order chi connectivity index (χ0) is 30.8. The van der Waals surface area contributed by atoms with Crippen LogP contribution in [0, 0.1) is 5.41 Å². The molecule has 0 radical (unpaired) electrons. The second-order valence-electron chi connectivity index (χ2n) is 11.8. The summed E-state index contributed by atoms with van der Waals surface area (Å²) in [5.74, 6) is 0.459. The van der Waals surface area contributed by atoms with Gasteiger partial charge in [-0.3, -0.25) is 5.41 Å². The Morgan fingerprint density at radius 2 is 1.15 bits per heavy atom. The first-order valence-corrected chi connectivity index (χ1v) is 15.4. The van der Waals surface area contributed by atoms with E-state index < -0.39 is 0 Å². The number of benzene rings is 7. The van der Waals surface area contributed by atoms with Gasteiger partial charge in [0.2, 0.25) is 0 Å². The van der Waals surface area contributed by atoms with E-state index in [1.165, 1.54) is 38.1 Å². The summed E-state index contributed by atoms with van der Waals surface area (Å²) in [6.07, 6.45) is 0. The van der Waals surface area contributed by atoms with Crippen LogP contribution in [-0.4, -0.2) is 16.1 Å². The van der Waals surface area contributed by atoms with Crippen molar-refractivity contribution in [3.63, 3.8) is 0 Å². The lowest BCUT2D eigenvalue weighted by Crippen LogP contribution is -2.16. The minimum absolute atomic E-state index is 0.134. The number of aromatic nitrogens is 1. The summed E-state index contributed by atoms with van der Waals surface area (Å²) >= 11 is 0. The number of hydrogen-bond donors (Lipinski definition) is 2. The average Bonchev–Trinajstić information content (AvgIpc) is 3.64. The largest absolute Gasteiger partial charge is 0.383 e. The fraction of sp³-hybridized carbons (Fsp3) is 0. The lowest BCUT2D eigenvalue weighted by Gasteiger charge is -2.14. The zero-order valence-corrected chi connectivity index (χ0v) is 24.9. The van der Waals surface area contributed by atoms with Crippen LogP contribution in [0.15, 0.2) is 157 Å². The molecular formula is C42H28N4. The molecule has 0 atom stereocenters. The third-order valence-corrected chi connectivity index (χ3v) is 9.22. The van der Waals surface area contributed by atoms with Crippen molar-refractivity contribution in [3.8, 4) is 22.3 Å². The highest BCUT2D eigenvalue weighted by Crippen LogP contribution is 2.40. The summed E-state index contributed by atoms with van der Waals surface area (Å²) in [6, 6.07) is 52.7. The molecule has 4 heteroatoms. The van der Waals surface area contributed by atoms with Crippen LogP contribution in [0.2, 0.25) is 0 Å². The van der Waals surface area contributed by atoms with Gasteiger partial charge in [-0.25, -0.2) is 4.99 Å². The second kappa shape index (κ2) is 10.1. The molecule has 2 heterocycles. The Labute approximate surface area is 265 Å². The SMILES string of the molecule is N=C(N=C(N)c1ccccc1)c1ccc2ccccc2c1-c1ccc(-c2ccc3c4cccc5c6ccccc6n(c3c2)c54)cc1. The molecule has 0 fully saturated rings. The lowest BCUT2D eigenvalue weighted by atomic mass is 9.91. The predicted molar refractivity (Wildman–Crippen MR) is 193 cm³/mol. The molecule has 46 heavy (non-hydrogen) atoms. The first-order chi connectivity index (χ1) is 22.7. The number of nitrogens with zero attached hydrogens (tertiary/aromatic N) is 2. The van der Waals surface area contributed by atoms with Gasteiger partial charge in [0.15, 0.2) is 5.84 Å². The fourth-order valence-electron chi connectivity index (χ4n) is 7.07. The van der Waals surface area contributed by atoms with Gasteiger partial charge in [-0.15, -0.1) is 0 Å². The Morgan fingerprint density at radius 3 is 1.96 bits per heavy atom. The molecule has 0 saturated carbocycles. The van der Waals surface area contributed by atoms with Crippen molar-refractivity contribution < 1.29 is 0 Å². The van der Waals surface area contributed by atoms with Crippen LogP contribution in [-0.2, 0) is 0 Å². The zero-order valence-electron chi connectivity index (χ0n) is 24.9. The van der Waals surface area contributed by atoms with E-state index in [0.29, 0.717) is 5.84 Å². The topological polar surface area (TPSA) is 66.6 Å². The molecular weight excluding hydrogens is 560 g/mol. The Hall–Kier alpha value is -6.26. The number of amidine groups is 2. The van der Waals surface area contributed by atoms with Gasteiger partial charge in [0, 0.05) is 38.2 Å². The van der Waals surface area contributed by atoms with Gasteiger partial charge in [-0.1, -0.05) is 133 Å². The molecule has 4 nitrogen and oxygen atoms in total. The predicted octanol–water partition coefficient (Wildman–Crippen LogP) is 10.1. The van der Waals surface area contributed by atoms with Gasteiger partial charge in [-0.2, -0.15) is 0 Å². The number of hydrogen-bond acceptors (Lipinski definition) is 1. The first-order valence-electron chi connectivity index (χ1n) is 15.4. The number of aliphatic imine (C=N–C) groups is 1. The molecule has 9 rings (SSSR count). The average molecular weight is 589 g/mol. The van der Waals surface area contributed by atoms with E-state index in [9.17, 15) is 0 Å². The number of nitrogens with two attached hydrogens (primary N) is 1. The molecule has 0 spiro atoms. The molecule has 9 aromatic rings. The molecule has 0 bridgehead atoms. The standard InChI is InChI=1S/C42H28N4/c43-41(29-10-2-1-3-11-29)45-42(44)36-24-21-27-9-4-5-12-31(27)39(36)28-19-17-26(18-20-28)30-22-23-33-35-15-8-14-34-32-13-6-7-16-37(32)46(40(34)35)38(33)25-30/h1-25H,(H3,43,44,45). The summed E-state index contributed by atoms with van der Waals surface area (Å²) in [5.41, 5.74) is 15.9. The van der Waals surface area contributed by atoms with E-state index in [1.807, 2.05) is 48.5 Å². The Morgan fingerprint density at radius 1 is 0.522 bits per heavy atom. The Balaban J connectivity index is 1.17. The second-order valence-corrected chi connectivity index (χ2v) is 11.8. The minimum atomic E-state index is 0.134. The maximum atomic E-state index is 9.00. The molecule has 0 aliphatic heterocycles. The van der Waals surface area contributed by atoms with Crippen molar-refractivity contribution in [3.05, 3.63) is 163 Å². The van der Waals surface area contributed by atoms with Crippen molar-refractivity contribution in [1.82, 2.24) is 4.40 Å². The first kappa shape index (κ1) is 26.2. The molecule has 0 saturated heterocycles. The van der Waals surface area contributed by atoms with E-state index >= 15 is 0 Å².